The standard InChI is InChI=1S/C23H33N3O3S/c1-4-24-23(25-16-8-18-29-19(2)21-9-6-5-7-10-21)26-17-15-20-11-13-22(14-12-20)30(3,27)28/h5-7,9-14,19H,4,8,15-18H2,1-3H3,(H2,24,25,26). The van der Waals surface area contributed by atoms with Gasteiger partial charge in [-0.3, -0.25) is 4.99 Å². The number of hydrogen-bond donors (Lipinski definition) is 2. The van der Waals surface area contributed by atoms with E-state index < -0.39 is 9.84 Å². The molecular weight excluding hydrogens is 398 g/mol. The van der Waals surface area contributed by atoms with Crippen LogP contribution in [0.1, 0.15) is 37.5 Å². The molecular formula is C23H33N3O3S. The number of benzene rings is 2. The van der Waals surface area contributed by atoms with E-state index in [-0.39, 0.29) is 6.10 Å². The van der Waals surface area contributed by atoms with Crippen LogP contribution in [0.5, 0.6) is 0 Å². The van der Waals surface area contributed by atoms with Crippen molar-refractivity contribution in [3.63, 3.8) is 0 Å². The maximum absolute atomic E-state index is 11.5. The van der Waals surface area contributed by atoms with Crippen molar-refractivity contribution in [2.45, 2.75) is 37.7 Å². The number of rotatable bonds is 11. The third-order valence-electron chi connectivity index (χ3n) is 4.61. The van der Waals surface area contributed by atoms with E-state index in [9.17, 15) is 8.42 Å². The number of ether oxygens (including phenoxy) is 1. The fraction of sp³-hybridized carbons (Fsp3) is 0.435. The van der Waals surface area contributed by atoms with Gasteiger partial charge in [-0.2, -0.15) is 0 Å². The quantitative estimate of drug-likeness (QED) is 0.324. The van der Waals surface area contributed by atoms with Crippen LogP contribution in [0.15, 0.2) is 64.5 Å². The summed E-state index contributed by atoms with van der Waals surface area (Å²) in [7, 11) is -3.15. The van der Waals surface area contributed by atoms with Crippen LogP contribution in [-0.4, -0.2) is 46.9 Å². The summed E-state index contributed by atoms with van der Waals surface area (Å²) < 4.78 is 29.0. The molecule has 0 saturated heterocycles. The zero-order chi connectivity index (χ0) is 21.8. The second-order valence-corrected chi connectivity index (χ2v) is 9.15. The maximum atomic E-state index is 11.5. The van der Waals surface area contributed by atoms with Crippen LogP contribution < -0.4 is 10.6 Å². The molecule has 2 aromatic rings. The SMILES string of the molecule is CCNC(=NCCCOC(C)c1ccccc1)NCCc1ccc(S(C)(=O)=O)cc1. The molecule has 0 aromatic heterocycles. The van der Waals surface area contributed by atoms with Crippen molar-refractivity contribution in [2.24, 2.45) is 4.99 Å². The van der Waals surface area contributed by atoms with E-state index in [1.165, 1.54) is 11.8 Å². The van der Waals surface area contributed by atoms with Crippen molar-refractivity contribution in [3.8, 4) is 0 Å². The van der Waals surface area contributed by atoms with Crippen LogP contribution in [0.2, 0.25) is 0 Å². The van der Waals surface area contributed by atoms with Gasteiger partial charge in [0.05, 0.1) is 11.0 Å². The smallest absolute Gasteiger partial charge is 0.191 e. The van der Waals surface area contributed by atoms with Crippen LogP contribution in [0.4, 0.5) is 0 Å². The van der Waals surface area contributed by atoms with Gasteiger partial charge in [-0.05, 0) is 49.9 Å². The van der Waals surface area contributed by atoms with Gasteiger partial charge in [0.15, 0.2) is 15.8 Å². The zero-order valence-corrected chi connectivity index (χ0v) is 18.9. The zero-order valence-electron chi connectivity index (χ0n) is 18.1. The van der Waals surface area contributed by atoms with Crippen LogP contribution in [0.3, 0.4) is 0 Å². The molecule has 1 unspecified atom stereocenters. The lowest BCUT2D eigenvalue weighted by Crippen LogP contribution is -2.38. The van der Waals surface area contributed by atoms with Gasteiger partial charge in [-0.25, -0.2) is 8.42 Å². The molecule has 2 N–H and O–H groups in total. The Hall–Kier alpha value is -2.38. The van der Waals surface area contributed by atoms with Crippen LogP contribution >= 0.6 is 0 Å². The number of hydrogen-bond acceptors (Lipinski definition) is 4. The second-order valence-electron chi connectivity index (χ2n) is 7.13. The molecule has 7 heteroatoms. The van der Waals surface area contributed by atoms with E-state index in [1.54, 1.807) is 12.1 Å². The Morgan fingerprint density at radius 1 is 1.07 bits per heavy atom. The first-order chi connectivity index (χ1) is 14.4. The summed E-state index contributed by atoms with van der Waals surface area (Å²) in [5.74, 6) is 0.779. The van der Waals surface area contributed by atoms with Gasteiger partial charge in [0, 0.05) is 32.5 Å². The Morgan fingerprint density at radius 2 is 1.77 bits per heavy atom. The van der Waals surface area contributed by atoms with Gasteiger partial charge >= 0.3 is 0 Å². The van der Waals surface area contributed by atoms with Gasteiger partial charge in [-0.15, -0.1) is 0 Å². The molecule has 1 atom stereocenters. The average Bonchev–Trinajstić information content (AvgIpc) is 2.73. The Bertz CT molecular complexity index is 882. The highest BCUT2D eigenvalue weighted by molar-refractivity contribution is 7.90. The molecule has 0 fully saturated rings. The number of nitrogens with zero attached hydrogens (tertiary/aromatic N) is 1. The van der Waals surface area contributed by atoms with E-state index >= 15 is 0 Å². The van der Waals surface area contributed by atoms with E-state index in [0.717, 1.165) is 30.9 Å². The van der Waals surface area contributed by atoms with Crippen molar-refractivity contribution >= 4 is 15.8 Å². The summed E-state index contributed by atoms with van der Waals surface area (Å²) in [5.41, 5.74) is 2.26. The lowest BCUT2D eigenvalue weighted by molar-refractivity contribution is 0.0652. The molecule has 2 rings (SSSR count). The second kappa shape index (κ2) is 12.3. The molecule has 0 bridgehead atoms. The Labute approximate surface area is 180 Å². The molecule has 0 aliphatic heterocycles. The molecule has 6 nitrogen and oxygen atoms in total. The van der Waals surface area contributed by atoms with Gasteiger partial charge in [0.2, 0.25) is 0 Å². The Balaban J connectivity index is 1.72. The average molecular weight is 432 g/mol. The molecule has 0 heterocycles. The van der Waals surface area contributed by atoms with E-state index in [0.29, 0.717) is 24.6 Å². The minimum absolute atomic E-state index is 0.0793. The fourth-order valence-corrected chi connectivity index (χ4v) is 3.54. The minimum Gasteiger partial charge on any atom is -0.374 e. The van der Waals surface area contributed by atoms with Crippen LogP contribution in [0.25, 0.3) is 0 Å². The first-order valence-corrected chi connectivity index (χ1v) is 12.3. The van der Waals surface area contributed by atoms with Crippen molar-refractivity contribution < 1.29 is 13.2 Å². The third-order valence-corrected chi connectivity index (χ3v) is 5.74. The predicted octanol–water partition coefficient (Wildman–Crippen LogP) is 3.36. The third kappa shape index (κ3) is 8.55. The molecule has 0 saturated carbocycles. The van der Waals surface area contributed by atoms with Crippen LogP contribution in [-0.2, 0) is 21.0 Å². The largest absolute Gasteiger partial charge is 0.374 e. The lowest BCUT2D eigenvalue weighted by Gasteiger charge is -2.13. The normalized spacial score (nSPS) is 13.1. The highest BCUT2D eigenvalue weighted by Crippen LogP contribution is 2.15. The number of sulfone groups is 1. The fourth-order valence-electron chi connectivity index (χ4n) is 2.91. The minimum atomic E-state index is -3.15. The molecule has 164 valence electrons. The number of aliphatic imine (C=N–C) groups is 1. The van der Waals surface area contributed by atoms with Crippen molar-refractivity contribution in [1.29, 1.82) is 0 Å². The summed E-state index contributed by atoms with van der Waals surface area (Å²) in [6, 6.07) is 17.2. The van der Waals surface area contributed by atoms with E-state index in [1.807, 2.05) is 37.3 Å². The Morgan fingerprint density at radius 3 is 2.40 bits per heavy atom. The monoisotopic (exact) mass is 431 g/mol. The predicted molar refractivity (Wildman–Crippen MR) is 123 cm³/mol. The molecule has 0 radical (unpaired) electrons. The molecule has 0 aliphatic rings. The van der Waals surface area contributed by atoms with Crippen molar-refractivity contribution in [1.82, 2.24) is 10.6 Å². The Kier molecular flexibility index (Phi) is 9.83. The number of guanidine groups is 1. The van der Waals surface area contributed by atoms with E-state index in [2.05, 4.69) is 34.7 Å². The van der Waals surface area contributed by atoms with Gasteiger partial charge < -0.3 is 15.4 Å². The summed E-state index contributed by atoms with van der Waals surface area (Å²) >= 11 is 0. The van der Waals surface area contributed by atoms with E-state index in [4.69, 9.17) is 4.74 Å². The summed E-state index contributed by atoms with van der Waals surface area (Å²) in [5, 5.41) is 6.56. The number of nitrogens with one attached hydrogen (secondary N) is 2. The van der Waals surface area contributed by atoms with Crippen molar-refractivity contribution in [3.05, 3.63) is 65.7 Å². The van der Waals surface area contributed by atoms with Gasteiger partial charge in [-0.1, -0.05) is 42.5 Å². The highest BCUT2D eigenvalue weighted by Gasteiger charge is 2.06. The first-order valence-electron chi connectivity index (χ1n) is 10.4. The molecule has 0 spiro atoms. The highest BCUT2D eigenvalue weighted by atomic mass is 32.2. The first kappa shape index (κ1) is 23.9. The molecule has 0 aliphatic carbocycles. The topological polar surface area (TPSA) is 79.8 Å². The van der Waals surface area contributed by atoms with Crippen molar-refractivity contribution in [2.75, 3.05) is 32.5 Å². The molecule has 30 heavy (non-hydrogen) atoms. The van der Waals surface area contributed by atoms with Crippen LogP contribution in [0, 0.1) is 0 Å². The summed E-state index contributed by atoms with van der Waals surface area (Å²) in [6.07, 6.45) is 2.93. The summed E-state index contributed by atoms with van der Waals surface area (Å²) in [4.78, 5) is 4.94. The molecule has 2 aromatic carbocycles. The van der Waals surface area contributed by atoms with Gasteiger partial charge in [0.25, 0.3) is 0 Å². The van der Waals surface area contributed by atoms with Gasteiger partial charge in [0.1, 0.15) is 0 Å². The summed E-state index contributed by atoms with van der Waals surface area (Å²) in [6.45, 7) is 6.94. The lowest BCUT2D eigenvalue weighted by atomic mass is 10.1. The molecule has 0 amide bonds. The maximum Gasteiger partial charge on any atom is 0.191 e.